The molecule has 1 amide bonds. The lowest BCUT2D eigenvalue weighted by molar-refractivity contribution is -0.126. The van der Waals surface area contributed by atoms with Gasteiger partial charge >= 0.3 is 0 Å². The molecule has 2 rings (SSSR count). The van der Waals surface area contributed by atoms with E-state index in [1.54, 1.807) is 14.2 Å². The molecule has 140 valence electrons. The molecule has 1 fully saturated rings. The highest BCUT2D eigenvalue weighted by Crippen LogP contribution is 2.27. The Labute approximate surface area is 149 Å². The molecule has 0 aliphatic carbocycles. The minimum Gasteiger partial charge on any atom is -0.496 e. The van der Waals surface area contributed by atoms with Crippen LogP contribution in [0.5, 0.6) is 5.75 Å². The Morgan fingerprint density at radius 1 is 1.28 bits per heavy atom. The Hall–Kier alpha value is -1.64. The molecule has 7 nitrogen and oxygen atoms in total. The number of hydrogen-bond acceptors (Lipinski definition) is 5. The second-order valence-electron chi connectivity index (χ2n) is 6.15. The molecule has 1 atom stereocenters. The molecule has 0 bridgehead atoms. The predicted molar refractivity (Wildman–Crippen MR) is 94.9 cm³/mol. The van der Waals surface area contributed by atoms with Crippen LogP contribution in [0.2, 0.25) is 0 Å². The first-order valence-corrected chi connectivity index (χ1v) is 10.1. The number of para-hydroxylation sites is 1. The molecule has 1 N–H and O–H groups in total. The average molecular weight is 370 g/mol. The Kier molecular flexibility index (Phi) is 6.80. The van der Waals surface area contributed by atoms with Gasteiger partial charge in [-0.1, -0.05) is 18.2 Å². The average Bonchev–Trinajstić information content (AvgIpc) is 2.61. The van der Waals surface area contributed by atoms with Gasteiger partial charge in [-0.2, -0.15) is 0 Å². The van der Waals surface area contributed by atoms with Gasteiger partial charge in [0.1, 0.15) is 11.9 Å². The number of nitrogens with zero attached hydrogens (tertiary/aromatic N) is 1. The molecular formula is C17H26N2O5S. The SMILES string of the molecule is COc1ccccc1[C@@H](CNC(=O)C1CCN(S(C)(=O)=O)CC1)OC. The van der Waals surface area contributed by atoms with E-state index >= 15 is 0 Å². The van der Waals surface area contributed by atoms with Crippen LogP contribution in [0.25, 0.3) is 0 Å². The third-order valence-corrected chi connectivity index (χ3v) is 5.83. The van der Waals surface area contributed by atoms with Crippen LogP contribution >= 0.6 is 0 Å². The summed E-state index contributed by atoms with van der Waals surface area (Å²) in [6.07, 6.45) is 1.96. The monoisotopic (exact) mass is 370 g/mol. The molecule has 0 unspecified atom stereocenters. The maximum Gasteiger partial charge on any atom is 0.223 e. The van der Waals surface area contributed by atoms with Crippen LogP contribution in [0.4, 0.5) is 0 Å². The fourth-order valence-electron chi connectivity index (χ4n) is 3.04. The number of nitrogens with one attached hydrogen (secondary N) is 1. The van der Waals surface area contributed by atoms with Crippen molar-refractivity contribution >= 4 is 15.9 Å². The van der Waals surface area contributed by atoms with Gasteiger partial charge in [-0.15, -0.1) is 0 Å². The maximum atomic E-state index is 12.4. The third-order valence-electron chi connectivity index (χ3n) is 4.53. The van der Waals surface area contributed by atoms with Gasteiger partial charge in [0, 0.05) is 38.2 Å². The number of carbonyl (C=O) groups excluding carboxylic acids is 1. The van der Waals surface area contributed by atoms with E-state index in [1.165, 1.54) is 10.6 Å². The first-order chi connectivity index (χ1) is 11.9. The van der Waals surface area contributed by atoms with Crippen LogP contribution in [0, 0.1) is 5.92 Å². The third kappa shape index (κ3) is 5.17. The van der Waals surface area contributed by atoms with Crippen LogP contribution < -0.4 is 10.1 Å². The van der Waals surface area contributed by atoms with Crippen molar-refractivity contribution in [3.05, 3.63) is 29.8 Å². The first-order valence-electron chi connectivity index (χ1n) is 8.25. The lowest BCUT2D eigenvalue weighted by atomic mass is 9.97. The largest absolute Gasteiger partial charge is 0.496 e. The molecule has 8 heteroatoms. The summed E-state index contributed by atoms with van der Waals surface area (Å²) in [7, 11) is 0.00737. The predicted octanol–water partition coefficient (Wildman–Crippen LogP) is 1.17. The smallest absolute Gasteiger partial charge is 0.223 e. The number of sulfonamides is 1. The summed E-state index contributed by atoms with van der Waals surface area (Å²) in [5.41, 5.74) is 0.875. The van der Waals surface area contributed by atoms with Gasteiger partial charge in [-0.3, -0.25) is 4.79 Å². The number of benzene rings is 1. The Balaban J connectivity index is 1.91. The molecule has 1 aliphatic rings. The summed E-state index contributed by atoms with van der Waals surface area (Å²) in [6, 6.07) is 7.53. The highest BCUT2D eigenvalue weighted by molar-refractivity contribution is 7.88. The van der Waals surface area contributed by atoms with Crippen molar-refractivity contribution < 1.29 is 22.7 Å². The molecule has 0 spiro atoms. The molecule has 1 heterocycles. The van der Waals surface area contributed by atoms with Gasteiger partial charge in [-0.05, 0) is 18.9 Å². The van der Waals surface area contributed by atoms with Crippen molar-refractivity contribution in [3.8, 4) is 5.75 Å². The Morgan fingerprint density at radius 3 is 2.48 bits per heavy atom. The van der Waals surface area contributed by atoms with Gasteiger partial charge in [0.2, 0.25) is 15.9 Å². The quantitative estimate of drug-likeness (QED) is 0.779. The van der Waals surface area contributed by atoms with E-state index in [0.717, 1.165) is 5.56 Å². The molecule has 1 saturated heterocycles. The van der Waals surface area contributed by atoms with Crippen molar-refractivity contribution in [3.63, 3.8) is 0 Å². The summed E-state index contributed by atoms with van der Waals surface area (Å²) in [6.45, 7) is 1.11. The van der Waals surface area contributed by atoms with Crippen LogP contribution in [0.1, 0.15) is 24.5 Å². The van der Waals surface area contributed by atoms with E-state index < -0.39 is 10.0 Å². The Bertz CT molecular complexity index is 684. The summed E-state index contributed by atoms with van der Waals surface area (Å²) < 4.78 is 35.3. The fourth-order valence-corrected chi connectivity index (χ4v) is 3.91. The number of methoxy groups -OCH3 is 2. The van der Waals surface area contributed by atoms with Crippen molar-refractivity contribution in [2.45, 2.75) is 18.9 Å². The van der Waals surface area contributed by atoms with Crippen molar-refractivity contribution in [1.29, 1.82) is 0 Å². The van der Waals surface area contributed by atoms with Crippen molar-refractivity contribution in [2.24, 2.45) is 5.92 Å². The topological polar surface area (TPSA) is 84.9 Å². The highest BCUT2D eigenvalue weighted by Gasteiger charge is 2.29. The lowest BCUT2D eigenvalue weighted by Crippen LogP contribution is -2.43. The molecule has 0 aromatic heterocycles. The van der Waals surface area contributed by atoms with E-state index in [1.807, 2.05) is 24.3 Å². The van der Waals surface area contributed by atoms with Crippen molar-refractivity contribution in [2.75, 3.05) is 40.1 Å². The fraction of sp³-hybridized carbons (Fsp3) is 0.588. The summed E-state index contributed by atoms with van der Waals surface area (Å²) >= 11 is 0. The van der Waals surface area contributed by atoms with E-state index in [2.05, 4.69) is 5.32 Å². The normalized spacial score (nSPS) is 17.9. The van der Waals surface area contributed by atoms with Crippen LogP contribution in [0.3, 0.4) is 0 Å². The molecule has 0 saturated carbocycles. The van der Waals surface area contributed by atoms with Crippen molar-refractivity contribution in [1.82, 2.24) is 9.62 Å². The van der Waals surface area contributed by atoms with Gasteiger partial charge in [0.05, 0.1) is 13.4 Å². The zero-order chi connectivity index (χ0) is 18.4. The van der Waals surface area contributed by atoms with Gasteiger partial charge in [-0.25, -0.2) is 12.7 Å². The molecule has 0 radical (unpaired) electrons. The van der Waals surface area contributed by atoms with E-state index in [9.17, 15) is 13.2 Å². The Morgan fingerprint density at radius 2 is 1.92 bits per heavy atom. The van der Waals surface area contributed by atoms with Gasteiger partial charge in [0.15, 0.2) is 0 Å². The van der Waals surface area contributed by atoms with Gasteiger partial charge in [0.25, 0.3) is 0 Å². The van der Waals surface area contributed by atoms with Crippen LogP contribution in [-0.4, -0.2) is 58.7 Å². The lowest BCUT2D eigenvalue weighted by Gasteiger charge is -2.29. The number of hydrogen-bond donors (Lipinski definition) is 1. The zero-order valence-corrected chi connectivity index (χ0v) is 15.7. The van der Waals surface area contributed by atoms with E-state index in [-0.39, 0.29) is 17.9 Å². The number of carbonyl (C=O) groups is 1. The standard InChI is InChI=1S/C17H26N2O5S/c1-23-15-7-5-4-6-14(15)16(24-2)12-18-17(20)13-8-10-19(11-9-13)25(3,21)22/h4-7,13,16H,8-12H2,1-3H3,(H,18,20)/t16-/m1/s1. The minimum absolute atomic E-state index is 0.0647. The molecule has 1 aromatic carbocycles. The van der Waals surface area contributed by atoms with E-state index in [0.29, 0.717) is 38.2 Å². The summed E-state index contributed by atoms with van der Waals surface area (Å²) in [5, 5.41) is 2.92. The first kappa shape index (κ1) is 19.7. The highest BCUT2D eigenvalue weighted by atomic mass is 32.2. The molecule has 1 aromatic rings. The second kappa shape index (κ2) is 8.64. The number of ether oxygens (including phenoxy) is 2. The molecule has 25 heavy (non-hydrogen) atoms. The number of rotatable bonds is 7. The maximum absolute atomic E-state index is 12.4. The second-order valence-corrected chi connectivity index (χ2v) is 8.13. The number of piperidine rings is 1. The molecular weight excluding hydrogens is 344 g/mol. The summed E-state index contributed by atoms with van der Waals surface area (Å²) in [5.74, 6) is 0.475. The minimum atomic E-state index is -3.18. The zero-order valence-electron chi connectivity index (χ0n) is 14.9. The number of amides is 1. The van der Waals surface area contributed by atoms with E-state index in [4.69, 9.17) is 9.47 Å². The van der Waals surface area contributed by atoms with Gasteiger partial charge < -0.3 is 14.8 Å². The van der Waals surface area contributed by atoms with Crippen LogP contribution in [0.15, 0.2) is 24.3 Å². The molecule has 1 aliphatic heterocycles. The van der Waals surface area contributed by atoms with Crippen LogP contribution in [-0.2, 0) is 19.6 Å². The summed E-state index contributed by atoms with van der Waals surface area (Å²) in [4.78, 5) is 12.4.